The van der Waals surface area contributed by atoms with Crippen molar-refractivity contribution in [3.05, 3.63) is 47.2 Å². The van der Waals surface area contributed by atoms with Gasteiger partial charge in [0.1, 0.15) is 5.70 Å². The van der Waals surface area contributed by atoms with E-state index in [1.165, 1.54) is 6.08 Å². The predicted octanol–water partition coefficient (Wildman–Crippen LogP) is 0.701. The number of nitrogens with one attached hydrogen (secondary N) is 1. The fourth-order valence-electron chi connectivity index (χ4n) is 2.49. The second-order valence-corrected chi connectivity index (χ2v) is 5.20. The molecule has 104 valence electrons. The average molecular weight is 271 g/mol. The maximum Gasteiger partial charge on any atom is 0.211 e. The zero-order valence-electron chi connectivity index (χ0n) is 11.4. The highest BCUT2D eigenvalue weighted by Gasteiger charge is 2.26. The Bertz CT molecular complexity index is 587. The number of hydrogen-bond donors (Lipinski definition) is 1. The van der Waals surface area contributed by atoms with Crippen LogP contribution in [0.15, 0.2) is 36.0 Å². The lowest BCUT2D eigenvalue weighted by Gasteiger charge is -2.34. The fraction of sp³-hybridized carbons (Fsp3) is 0.333. The Kier molecular flexibility index (Phi) is 3.38. The summed E-state index contributed by atoms with van der Waals surface area (Å²) in [6.45, 7) is 3.55. The number of carbonyl (C=O) groups is 2. The van der Waals surface area contributed by atoms with Gasteiger partial charge in [-0.3, -0.25) is 9.59 Å². The van der Waals surface area contributed by atoms with Crippen LogP contribution >= 0.6 is 0 Å². The molecule has 0 saturated carbocycles. The molecule has 0 atom stereocenters. The van der Waals surface area contributed by atoms with E-state index in [4.69, 9.17) is 0 Å². The maximum absolute atomic E-state index is 12.4. The summed E-state index contributed by atoms with van der Waals surface area (Å²) < 4.78 is 0. The van der Waals surface area contributed by atoms with Crippen molar-refractivity contribution in [1.82, 2.24) is 15.3 Å². The number of benzene rings is 1. The van der Waals surface area contributed by atoms with Gasteiger partial charge in [-0.1, -0.05) is 24.3 Å². The first-order valence-corrected chi connectivity index (χ1v) is 6.75. The van der Waals surface area contributed by atoms with Gasteiger partial charge in [0.2, 0.25) is 5.78 Å². The van der Waals surface area contributed by atoms with E-state index in [1.54, 1.807) is 24.3 Å². The number of carbonyl (C=O) groups excluding carboxylic acids is 2. The van der Waals surface area contributed by atoms with Gasteiger partial charge in [0.05, 0.1) is 0 Å². The Morgan fingerprint density at radius 3 is 2.35 bits per heavy atom. The Balaban J connectivity index is 1.78. The van der Waals surface area contributed by atoms with Crippen LogP contribution < -0.4 is 5.43 Å². The zero-order chi connectivity index (χ0) is 14.1. The smallest absolute Gasteiger partial charge is 0.211 e. The normalized spacial score (nSPS) is 20.6. The highest BCUT2D eigenvalue weighted by Crippen LogP contribution is 2.20. The van der Waals surface area contributed by atoms with Crippen LogP contribution in [0.2, 0.25) is 0 Å². The van der Waals surface area contributed by atoms with Gasteiger partial charge in [0, 0.05) is 43.4 Å². The highest BCUT2D eigenvalue weighted by atomic mass is 16.1. The predicted molar refractivity (Wildman–Crippen MR) is 75.4 cm³/mol. The van der Waals surface area contributed by atoms with E-state index in [1.807, 2.05) is 5.01 Å². The highest BCUT2D eigenvalue weighted by molar-refractivity contribution is 6.24. The largest absolute Gasteiger partial charge is 0.315 e. The fourth-order valence-corrected chi connectivity index (χ4v) is 2.49. The standard InChI is InChI=1S/C15H17N3O2/c1-17-6-8-18(9-7-17)16-13-10-14(19)11-4-2-3-5-12(11)15(13)20/h2-5,10,16H,6-9H2,1H3. The molecular weight excluding hydrogens is 254 g/mol. The van der Waals surface area contributed by atoms with E-state index in [2.05, 4.69) is 17.4 Å². The number of Topliss-reactive ketones (excluding diaryl/α,β-unsaturated/α-hetero) is 1. The number of hydrazine groups is 1. The third kappa shape index (κ3) is 2.37. The first kappa shape index (κ1) is 13.0. The molecule has 1 aliphatic heterocycles. The minimum Gasteiger partial charge on any atom is -0.315 e. The average Bonchev–Trinajstić information content (AvgIpc) is 2.47. The minimum absolute atomic E-state index is 0.112. The van der Waals surface area contributed by atoms with Crippen molar-refractivity contribution in [2.24, 2.45) is 0 Å². The van der Waals surface area contributed by atoms with E-state index in [9.17, 15) is 9.59 Å². The van der Waals surface area contributed by atoms with Crippen LogP contribution in [0.1, 0.15) is 20.7 Å². The number of hydrogen-bond acceptors (Lipinski definition) is 5. The molecule has 1 aromatic carbocycles. The van der Waals surface area contributed by atoms with Crippen LogP contribution in [-0.2, 0) is 0 Å². The summed E-state index contributed by atoms with van der Waals surface area (Å²) in [5.41, 5.74) is 4.44. The van der Waals surface area contributed by atoms with E-state index in [0.717, 1.165) is 26.2 Å². The van der Waals surface area contributed by atoms with Crippen molar-refractivity contribution in [2.75, 3.05) is 33.2 Å². The summed E-state index contributed by atoms with van der Waals surface area (Å²) in [6, 6.07) is 6.95. The molecule has 1 saturated heterocycles. The number of rotatable bonds is 2. The quantitative estimate of drug-likeness (QED) is 0.858. The first-order chi connectivity index (χ1) is 9.65. The van der Waals surface area contributed by atoms with Crippen LogP contribution in [0.3, 0.4) is 0 Å². The van der Waals surface area contributed by atoms with Gasteiger partial charge in [-0.05, 0) is 7.05 Å². The van der Waals surface area contributed by atoms with Crippen molar-refractivity contribution >= 4 is 11.6 Å². The van der Waals surface area contributed by atoms with Crippen LogP contribution in [-0.4, -0.2) is 54.7 Å². The molecule has 1 heterocycles. The molecule has 5 heteroatoms. The minimum atomic E-state index is -0.114. The molecule has 20 heavy (non-hydrogen) atoms. The van der Waals surface area contributed by atoms with Gasteiger partial charge in [-0.25, -0.2) is 5.01 Å². The number of piperazine rings is 1. The van der Waals surface area contributed by atoms with Gasteiger partial charge < -0.3 is 10.3 Å². The summed E-state index contributed by atoms with van der Waals surface area (Å²) in [6.07, 6.45) is 1.41. The van der Waals surface area contributed by atoms with E-state index >= 15 is 0 Å². The zero-order valence-corrected chi connectivity index (χ0v) is 11.4. The molecule has 1 fully saturated rings. The van der Waals surface area contributed by atoms with Gasteiger partial charge >= 0.3 is 0 Å². The lowest BCUT2D eigenvalue weighted by Crippen LogP contribution is -2.51. The molecule has 1 aromatic rings. The molecule has 1 aliphatic carbocycles. The SMILES string of the molecule is CN1CCN(NC2=CC(=O)c3ccccc3C2=O)CC1. The summed E-state index contributed by atoms with van der Waals surface area (Å²) in [5, 5.41) is 1.99. The van der Waals surface area contributed by atoms with Gasteiger partial charge in [0.15, 0.2) is 5.78 Å². The second-order valence-electron chi connectivity index (χ2n) is 5.20. The van der Waals surface area contributed by atoms with E-state index in [0.29, 0.717) is 16.8 Å². The molecule has 0 radical (unpaired) electrons. The molecule has 0 spiro atoms. The van der Waals surface area contributed by atoms with Crippen molar-refractivity contribution in [2.45, 2.75) is 0 Å². The van der Waals surface area contributed by atoms with Crippen molar-refractivity contribution < 1.29 is 9.59 Å². The lowest BCUT2D eigenvalue weighted by atomic mass is 9.93. The van der Waals surface area contributed by atoms with Crippen LogP contribution in [0.5, 0.6) is 0 Å². The topological polar surface area (TPSA) is 52.6 Å². The molecule has 3 rings (SSSR count). The summed E-state index contributed by atoms with van der Waals surface area (Å²) in [4.78, 5) is 26.7. The Hall–Kier alpha value is -1.98. The molecule has 2 aliphatic rings. The van der Waals surface area contributed by atoms with Crippen LogP contribution in [0, 0.1) is 0 Å². The van der Waals surface area contributed by atoms with Gasteiger partial charge in [0.25, 0.3) is 0 Å². The molecule has 0 bridgehead atoms. The molecule has 0 amide bonds. The van der Waals surface area contributed by atoms with Crippen molar-refractivity contribution in [1.29, 1.82) is 0 Å². The van der Waals surface area contributed by atoms with E-state index in [-0.39, 0.29) is 11.6 Å². The number of nitrogens with zero attached hydrogens (tertiary/aromatic N) is 2. The number of ketones is 2. The van der Waals surface area contributed by atoms with Gasteiger partial charge in [-0.15, -0.1) is 0 Å². The molecular formula is C15H17N3O2. The maximum atomic E-state index is 12.4. The molecule has 0 unspecified atom stereocenters. The Morgan fingerprint density at radius 1 is 1.00 bits per heavy atom. The molecule has 0 aromatic heterocycles. The lowest BCUT2D eigenvalue weighted by molar-refractivity contribution is 0.0901. The summed E-state index contributed by atoms with van der Waals surface area (Å²) >= 11 is 0. The molecule has 1 N–H and O–H groups in total. The third-order valence-corrected chi connectivity index (χ3v) is 3.74. The van der Waals surface area contributed by atoms with Crippen LogP contribution in [0.25, 0.3) is 0 Å². The Morgan fingerprint density at radius 2 is 1.65 bits per heavy atom. The van der Waals surface area contributed by atoms with Crippen LogP contribution in [0.4, 0.5) is 0 Å². The van der Waals surface area contributed by atoms with Crippen molar-refractivity contribution in [3.63, 3.8) is 0 Å². The first-order valence-electron chi connectivity index (χ1n) is 6.75. The number of likely N-dealkylation sites (N-methyl/N-ethyl adjacent to an activating group) is 1. The third-order valence-electron chi connectivity index (χ3n) is 3.74. The van der Waals surface area contributed by atoms with E-state index < -0.39 is 0 Å². The van der Waals surface area contributed by atoms with Gasteiger partial charge in [-0.2, -0.15) is 0 Å². The summed E-state index contributed by atoms with van der Waals surface area (Å²) in [7, 11) is 2.07. The molecule has 5 nitrogen and oxygen atoms in total. The number of allylic oxidation sites excluding steroid dienone is 2. The number of fused-ring (bicyclic) bond motifs is 1. The summed E-state index contributed by atoms with van der Waals surface area (Å²) in [5.74, 6) is -0.226. The second kappa shape index (κ2) is 5.19. The Labute approximate surface area is 117 Å². The monoisotopic (exact) mass is 271 g/mol. The van der Waals surface area contributed by atoms with Crippen molar-refractivity contribution in [3.8, 4) is 0 Å².